The molecule has 25 heavy (non-hydrogen) atoms. The van der Waals surface area contributed by atoms with Crippen LogP contribution in [0.15, 0.2) is 48.6 Å². The van der Waals surface area contributed by atoms with Crippen molar-refractivity contribution in [2.24, 2.45) is 0 Å². The van der Waals surface area contributed by atoms with E-state index in [0.717, 1.165) is 22.3 Å². The lowest BCUT2D eigenvalue weighted by molar-refractivity contribution is 0.979. The Hall–Kier alpha value is -0.340. The minimum Gasteiger partial charge on any atom is -0.0992 e. The highest BCUT2D eigenvalue weighted by Gasteiger charge is 2.13. The lowest BCUT2D eigenvalue weighted by atomic mass is 9.96. The Morgan fingerprint density at radius 1 is 0.600 bits per heavy atom. The van der Waals surface area contributed by atoms with Crippen molar-refractivity contribution in [3.05, 3.63) is 89.8 Å². The largest absolute Gasteiger partial charge is 0.0992 e. The maximum Gasteiger partial charge on any atom is 0.0470 e. The van der Waals surface area contributed by atoms with Crippen LogP contribution in [-0.4, -0.2) is 0 Å². The van der Waals surface area contributed by atoms with Crippen LogP contribution in [0, 0.1) is 0 Å². The fourth-order valence-electron chi connectivity index (χ4n) is 2.46. The molecule has 0 spiro atoms. The fraction of sp³-hybridized carbons (Fsp3) is 0.158. The molecule has 0 aliphatic carbocycles. The molecule has 0 atom stereocenters. The molecule has 0 aliphatic rings. The molecule has 0 nitrogen and oxygen atoms in total. The molecule has 0 radical (unpaired) electrons. The van der Waals surface area contributed by atoms with Gasteiger partial charge in [-0.05, 0) is 54.7 Å². The average Bonchev–Trinajstić information content (AvgIpc) is 2.46. The van der Waals surface area contributed by atoms with Crippen molar-refractivity contribution in [3.8, 4) is 0 Å². The van der Waals surface area contributed by atoms with Gasteiger partial charge in [-0.1, -0.05) is 93.9 Å². The number of rotatable bonds is 6. The number of hydrogen-bond acceptors (Lipinski definition) is 0. The Kier molecular flexibility index (Phi) is 7.58. The predicted molar refractivity (Wildman–Crippen MR) is 113 cm³/mol. The van der Waals surface area contributed by atoms with Gasteiger partial charge in [-0.15, -0.1) is 0 Å². The standard InChI is InChI=1S/C19H14Cl6/c1-10(4-14-16(22)6-12(20)7-17(14)23)3-11(2)5-15-18(24)8-13(21)9-19(15)25/h6-9H,1-5H2. The van der Waals surface area contributed by atoms with E-state index in [1.54, 1.807) is 24.3 Å². The van der Waals surface area contributed by atoms with E-state index in [1.807, 2.05) is 0 Å². The summed E-state index contributed by atoms with van der Waals surface area (Å²) in [6, 6.07) is 6.67. The van der Waals surface area contributed by atoms with E-state index in [2.05, 4.69) is 13.2 Å². The fourth-order valence-corrected chi connectivity index (χ4v) is 4.36. The molecule has 2 aromatic carbocycles. The molecule has 0 fully saturated rings. The Morgan fingerprint density at radius 3 is 1.16 bits per heavy atom. The van der Waals surface area contributed by atoms with Gasteiger partial charge >= 0.3 is 0 Å². The molecule has 0 aliphatic heterocycles. The van der Waals surface area contributed by atoms with E-state index in [1.165, 1.54) is 0 Å². The molecule has 0 amide bonds. The van der Waals surface area contributed by atoms with Crippen molar-refractivity contribution < 1.29 is 0 Å². The van der Waals surface area contributed by atoms with Crippen molar-refractivity contribution in [3.63, 3.8) is 0 Å². The normalized spacial score (nSPS) is 10.8. The molecule has 2 aromatic rings. The number of halogens is 6. The summed E-state index contributed by atoms with van der Waals surface area (Å²) in [5, 5.41) is 3.09. The van der Waals surface area contributed by atoms with Crippen LogP contribution in [0.2, 0.25) is 30.1 Å². The second kappa shape index (κ2) is 9.04. The minimum atomic E-state index is 0.501. The van der Waals surface area contributed by atoms with E-state index >= 15 is 0 Å². The highest BCUT2D eigenvalue weighted by Crippen LogP contribution is 2.33. The lowest BCUT2D eigenvalue weighted by Crippen LogP contribution is -1.97. The highest BCUT2D eigenvalue weighted by atomic mass is 35.5. The summed E-state index contributed by atoms with van der Waals surface area (Å²) in [6.45, 7) is 8.19. The topological polar surface area (TPSA) is 0 Å². The third-order valence-electron chi connectivity index (χ3n) is 3.57. The Morgan fingerprint density at radius 2 is 0.880 bits per heavy atom. The zero-order valence-electron chi connectivity index (χ0n) is 13.1. The first-order valence-corrected chi connectivity index (χ1v) is 9.54. The van der Waals surface area contributed by atoms with Crippen LogP contribution in [0.25, 0.3) is 0 Å². The summed E-state index contributed by atoms with van der Waals surface area (Å²) in [5.41, 5.74) is 3.45. The number of allylic oxidation sites excluding steroid dienone is 2. The molecular weight excluding hydrogens is 441 g/mol. The highest BCUT2D eigenvalue weighted by molar-refractivity contribution is 6.40. The molecule has 0 unspecified atom stereocenters. The van der Waals surface area contributed by atoms with Crippen molar-refractivity contribution in [2.75, 3.05) is 0 Å². The molecule has 0 aromatic heterocycles. The summed E-state index contributed by atoms with van der Waals surface area (Å²) in [4.78, 5) is 0. The van der Waals surface area contributed by atoms with Crippen LogP contribution in [0.3, 0.4) is 0 Å². The first-order valence-electron chi connectivity index (χ1n) is 7.27. The van der Waals surface area contributed by atoms with Crippen LogP contribution in [0.1, 0.15) is 17.5 Å². The summed E-state index contributed by atoms with van der Waals surface area (Å²) < 4.78 is 0. The van der Waals surface area contributed by atoms with Gasteiger partial charge in [0.2, 0.25) is 0 Å². The van der Waals surface area contributed by atoms with Gasteiger partial charge < -0.3 is 0 Å². The second-order valence-electron chi connectivity index (χ2n) is 5.73. The minimum absolute atomic E-state index is 0.501. The lowest BCUT2D eigenvalue weighted by Gasteiger charge is -2.13. The quantitative estimate of drug-likeness (QED) is 0.382. The zero-order chi connectivity index (χ0) is 18.7. The van der Waals surface area contributed by atoms with Gasteiger partial charge in [0.25, 0.3) is 0 Å². The van der Waals surface area contributed by atoms with E-state index in [9.17, 15) is 0 Å². The first-order chi connectivity index (χ1) is 11.7. The predicted octanol–water partition coefficient (Wildman–Crippen LogP) is 8.89. The maximum absolute atomic E-state index is 6.22. The number of benzene rings is 2. The van der Waals surface area contributed by atoms with Crippen LogP contribution in [0.4, 0.5) is 0 Å². The van der Waals surface area contributed by atoms with Crippen LogP contribution < -0.4 is 0 Å². The van der Waals surface area contributed by atoms with Gasteiger partial charge in [0.05, 0.1) is 0 Å². The van der Waals surface area contributed by atoms with Crippen molar-refractivity contribution in [1.29, 1.82) is 0 Å². The third kappa shape index (κ3) is 5.82. The Balaban J connectivity index is 2.06. The van der Waals surface area contributed by atoms with Gasteiger partial charge in [-0.3, -0.25) is 0 Å². The summed E-state index contributed by atoms with van der Waals surface area (Å²) in [6.07, 6.45) is 1.68. The van der Waals surface area contributed by atoms with E-state index in [-0.39, 0.29) is 0 Å². The first kappa shape index (κ1) is 21.0. The van der Waals surface area contributed by atoms with Gasteiger partial charge in [-0.2, -0.15) is 0 Å². The van der Waals surface area contributed by atoms with Gasteiger partial charge in [0, 0.05) is 30.1 Å². The van der Waals surface area contributed by atoms with Crippen molar-refractivity contribution >= 4 is 69.6 Å². The molecule has 2 rings (SSSR count). The maximum atomic E-state index is 6.22. The summed E-state index contributed by atoms with van der Waals surface area (Å²) >= 11 is 36.8. The second-order valence-corrected chi connectivity index (χ2v) is 8.23. The Labute approximate surface area is 177 Å². The molecular formula is C19H14Cl6. The van der Waals surface area contributed by atoms with E-state index < -0.39 is 0 Å². The van der Waals surface area contributed by atoms with Gasteiger partial charge in [0.1, 0.15) is 0 Å². The van der Waals surface area contributed by atoms with Crippen molar-refractivity contribution in [2.45, 2.75) is 19.3 Å². The summed E-state index contributed by atoms with van der Waals surface area (Å²) in [5.74, 6) is 0. The molecule has 0 N–H and O–H groups in total. The SMILES string of the molecule is C=C(CC(=C)Cc1c(Cl)cc(Cl)cc1Cl)Cc1c(Cl)cc(Cl)cc1Cl. The molecule has 6 heteroatoms. The molecule has 0 heterocycles. The molecule has 132 valence electrons. The number of hydrogen-bond donors (Lipinski definition) is 0. The molecule has 0 saturated carbocycles. The van der Waals surface area contributed by atoms with Crippen LogP contribution in [-0.2, 0) is 12.8 Å². The third-order valence-corrected chi connectivity index (χ3v) is 5.35. The van der Waals surface area contributed by atoms with Crippen LogP contribution >= 0.6 is 69.6 Å². The van der Waals surface area contributed by atoms with Gasteiger partial charge in [0.15, 0.2) is 0 Å². The molecule has 0 saturated heterocycles. The van der Waals surface area contributed by atoms with E-state index in [0.29, 0.717) is 49.4 Å². The Bertz CT molecular complexity index is 722. The summed E-state index contributed by atoms with van der Waals surface area (Å²) in [7, 11) is 0. The van der Waals surface area contributed by atoms with Crippen LogP contribution in [0.5, 0.6) is 0 Å². The smallest absolute Gasteiger partial charge is 0.0470 e. The zero-order valence-corrected chi connectivity index (χ0v) is 17.6. The molecule has 0 bridgehead atoms. The van der Waals surface area contributed by atoms with E-state index in [4.69, 9.17) is 69.6 Å². The van der Waals surface area contributed by atoms with Gasteiger partial charge in [-0.25, -0.2) is 0 Å². The van der Waals surface area contributed by atoms with Crippen molar-refractivity contribution in [1.82, 2.24) is 0 Å². The monoisotopic (exact) mass is 452 g/mol. The average molecular weight is 455 g/mol.